The maximum Gasteiger partial charge on any atom is 0.316 e. The molecule has 3 heterocycles. The number of nitrogens with zero attached hydrogens (tertiary/aromatic N) is 4. The monoisotopic (exact) mass is 441 g/mol. The molecule has 28 heavy (non-hydrogen) atoms. The summed E-state index contributed by atoms with van der Waals surface area (Å²) in [5.74, 6) is 0.933. The molecule has 0 fully saturated rings. The average Bonchev–Trinajstić information content (AvgIpc) is 3.15. The van der Waals surface area contributed by atoms with Crippen LogP contribution in [0.3, 0.4) is 0 Å². The van der Waals surface area contributed by atoms with Gasteiger partial charge in [-0.3, -0.25) is 14.6 Å². The molecule has 0 amide bonds. The Labute approximate surface area is 167 Å². The summed E-state index contributed by atoms with van der Waals surface area (Å²) in [6.07, 6.45) is 3.29. The average molecular weight is 442 g/mol. The summed E-state index contributed by atoms with van der Waals surface area (Å²) in [4.78, 5) is 35.4. The van der Waals surface area contributed by atoms with E-state index >= 15 is 0 Å². The van der Waals surface area contributed by atoms with Crippen molar-refractivity contribution in [2.45, 2.75) is 20.4 Å². The van der Waals surface area contributed by atoms with Gasteiger partial charge in [0.05, 0.1) is 16.6 Å². The van der Waals surface area contributed by atoms with Gasteiger partial charge in [-0.1, -0.05) is 19.0 Å². The van der Waals surface area contributed by atoms with Crippen LogP contribution in [0.2, 0.25) is 0 Å². The number of hydrogen-bond acceptors (Lipinski definition) is 6. The number of fused-ring (bicyclic) bond motifs is 1. The summed E-state index contributed by atoms with van der Waals surface area (Å²) in [7, 11) is 0. The van der Waals surface area contributed by atoms with Crippen molar-refractivity contribution in [3.05, 3.63) is 61.8 Å². The first-order valence-electron chi connectivity index (χ1n) is 8.64. The number of benzene rings is 1. The minimum Gasteiger partial charge on any atom is -0.334 e. The highest BCUT2D eigenvalue weighted by molar-refractivity contribution is 9.10. The fourth-order valence-electron chi connectivity index (χ4n) is 2.95. The largest absolute Gasteiger partial charge is 0.334 e. The molecule has 4 rings (SSSR count). The molecule has 0 bridgehead atoms. The molecule has 9 heteroatoms. The van der Waals surface area contributed by atoms with Gasteiger partial charge < -0.3 is 14.1 Å². The second kappa shape index (κ2) is 7.16. The van der Waals surface area contributed by atoms with Crippen LogP contribution < -0.4 is 11.1 Å². The van der Waals surface area contributed by atoms with Gasteiger partial charge in [0.15, 0.2) is 0 Å². The number of pyridine rings is 1. The Morgan fingerprint density at radius 2 is 2.00 bits per heavy atom. The fourth-order valence-corrected chi connectivity index (χ4v) is 3.32. The Balaban J connectivity index is 1.80. The smallest absolute Gasteiger partial charge is 0.316 e. The lowest BCUT2D eigenvalue weighted by atomic mass is 10.1. The van der Waals surface area contributed by atoms with Crippen LogP contribution in [-0.4, -0.2) is 24.7 Å². The molecule has 1 N–H and O–H groups in total. The number of H-pyrrole nitrogens is 1. The second-order valence-electron chi connectivity index (χ2n) is 6.81. The van der Waals surface area contributed by atoms with Gasteiger partial charge in [0.1, 0.15) is 0 Å². The molecule has 3 aromatic heterocycles. The summed E-state index contributed by atoms with van der Waals surface area (Å²) in [5, 5.41) is 4.02. The molecule has 0 aliphatic heterocycles. The van der Waals surface area contributed by atoms with Crippen molar-refractivity contribution in [3.63, 3.8) is 0 Å². The summed E-state index contributed by atoms with van der Waals surface area (Å²) >= 11 is 3.36. The van der Waals surface area contributed by atoms with Gasteiger partial charge in [-0.05, 0) is 46.1 Å². The molecule has 0 atom stereocenters. The summed E-state index contributed by atoms with van der Waals surface area (Å²) in [5.41, 5.74) is 1.33. The predicted molar refractivity (Wildman–Crippen MR) is 108 cm³/mol. The quantitative estimate of drug-likeness (QED) is 0.487. The number of nitrogens with one attached hydrogen (secondary N) is 1. The van der Waals surface area contributed by atoms with E-state index in [9.17, 15) is 9.59 Å². The first kappa shape index (κ1) is 18.3. The third-order valence-corrected chi connectivity index (χ3v) is 4.59. The van der Waals surface area contributed by atoms with Crippen molar-refractivity contribution in [1.29, 1.82) is 0 Å². The lowest BCUT2D eigenvalue weighted by Crippen LogP contribution is -2.37. The van der Waals surface area contributed by atoms with Gasteiger partial charge in [0.25, 0.3) is 5.89 Å². The molecule has 0 saturated heterocycles. The minimum absolute atomic E-state index is 0.223. The van der Waals surface area contributed by atoms with E-state index in [1.54, 1.807) is 30.6 Å². The first-order chi connectivity index (χ1) is 13.4. The zero-order chi connectivity index (χ0) is 19.8. The van der Waals surface area contributed by atoms with Gasteiger partial charge in [0, 0.05) is 29.0 Å². The summed E-state index contributed by atoms with van der Waals surface area (Å²) in [6.45, 7) is 4.44. The first-order valence-corrected chi connectivity index (χ1v) is 9.43. The van der Waals surface area contributed by atoms with Crippen LogP contribution in [0.5, 0.6) is 0 Å². The molecular weight excluding hydrogens is 426 g/mol. The maximum atomic E-state index is 12.2. The van der Waals surface area contributed by atoms with E-state index in [4.69, 9.17) is 4.52 Å². The van der Waals surface area contributed by atoms with Gasteiger partial charge in [-0.25, -0.2) is 0 Å². The Morgan fingerprint density at radius 1 is 1.18 bits per heavy atom. The molecule has 0 aliphatic rings. The van der Waals surface area contributed by atoms with Gasteiger partial charge in [0.2, 0.25) is 5.82 Å². The number of hydrogen-bond donors (Lipinski definition) is 1. The van der Waals surface area contributed by atoms with Gasteiger partial charge >= 0.3 is 11.1 Å². The molecular formula is C19H16BrN5O3. The van der Waals surface area contributed by atoms with Gasteiger partial charge in [-0.2, -0.15) is 4.98 Å². The van der Waals surface area contributed by atoms with Crippen molar-refractivity contribution < 1.29 is 4.52 Å². The number of rotatable bonds is 4. The molecule has 8 nitrogen and oxygen atoms in total. The lowest BCUT2D eigenvalue weighted by molar-refractivity contribution is 0.432. The number of aromatic amines is 1. The second-order valence-corrected chi connectivity index (χ2v) is 7.73. The normalized spacial score (nSPS) is 11.4. The summed E-state index contributed by atoms with van der Waals surface area (Å²) in [6, 6.07) is 7.14. The molecule has 142 valence electrons. The Morgan fingerprint density at radius 3 is 2.75 bits per heavy atom. The van der Waals surface area contributed by atoms with E-state index in [0.29, 0.717) is 40.4 Å². The van der Waals surface area contributed by atoms with Gasteiger partial charge in [-0.15, -0.1) is 0 Å². The standard InChI is InChI=1S/C19H16BrN5O3/c1-10(2)9-25-15-4-3-11(6-14(15)22-17(26)19(25)27)16-23-18(28-24-16)12-5-13(20)8-21-7-12/h3-8,10H,9H2,1-2H3,(H,22,26). The van der Waals surface area contributed by atoms with Crippen LogP contribution >= 0.6 is 15.9 Å². The highest BCUT2D eigenvalue weighted by Gasteiger charge is 2.14. The highest BCUT2D eigenvalue weighted by atomic mass is 79.9. The SMILES string of the molecule is CC(C)Cn1c(=O)c(=O)[nH]c2cc(-c3noc(-c4cncc(Br)c4)n3)ccc21. The topological polar surface area (TPSA) is 107 Å². The van der Waals surface area contributed by atoms with E-state index in [1.165, 1.54) is 4.57 Å². The molecule has 0 spiro atoms. The number of aromatic nitrogens is 5. The molecule has 0 unspecified atom stereocenters. The Bertz CT molecular complexity index is 1290. The van der Waals surface area contributed by atoms with Crippen LogP contribution in [0.1, 0.15) is 13.8 Å². The minimum atomic E-state index is -0.653. The van der Waals surface area contributed by atoms with Crippen LogP contribution in [-0.2, 0) is 6.54 Å². The highest BCUT2D eigenvalue weighted by Crippen LogP contribution is 2.25. The van der Waals surface area contributed by atoms with Crippen LogP contribution in [0, 0.1) is 5.92 Å². The molecule has 0 saturated carbocycles. The molecule has 0 radical (unpaired) electrons. The molecule has 1 aromatic carbocycles. The van der Waals surface area contributed by atoms with Crippen LogP contribution in [0.25, 0.3) is 33.9 Å². The van der Waals surface area contributed by atoms with Crippen molar-refractivity contribution in [1.82, 2.24) is 24.7 Å². The van der Waals surface area contributed by atoms with E-state index in [0.717, 1.165) is 4.47 Å². The predicted octanol–water partition coefficient (Wildman–Crippen LogP) is 3.22. The zero-order valence-corrected chi connectivity index (χ0v) is 16.7. The number of halogens is 1. The molecule has 0 aliphatic carbocycles. The van der Waals surface area contributed by atoms with Crippen LogP contribution in [0.4, 0.5) is 0 Å². The Kier molecular flexibility index (Phi) is 4.68. The maximum absolute atomic E-state index is 12.2. The van der Waals surface area contributed by atoms with Crippen molar-refractivity contribution in [3.8, 4) is 22.8 Å². The summed E-state index contributed by atoms with van der Waals surface area (Å²) < 4.78 is 7.64. The fraction of sp³-hybridized carbons (Fsp3) is 0.211. The van der Waals surface area contributed by atoms with Crippen LogP contribution in [0.15, 0.2) is 55.2 Å². The van der Waals surface area contributed by atoms with E-state index in [2.05, 4.69) is 36.0 Å². The van der Waals surface area contributed by atoms with E-state index in [1.807, 2.05) is 19.9 Å². The molecule has 4 aromatic rings. The third kappa shape index (κ3) is 3.40. The van der Waals surface area contributed by atoms with E-state index < -0.39 is 11.1 Å². The van der Waals surface area contributed by atoms with E-state index in [-0.39, 0.29) is 5.92 Å². The third-order valence-electron chi connectivity index (χ3n) is 4.16. The van der Waals surface area contributed by atoms with Crippen molar-refractivity contribution >= 4 is 27.0 Å². The van der Waals surface area contributed by atoms with Crippen molar-refractivity contribution in [2.24, 2.45) is 5.92 Å². The van der Waals surface area contributed by atoms with Crippen molar-refractivity contribution in [2.75, 3.05) is 0 Å². The zero-order valence-electron chi connectivity index (χ0n) is 15.1. The lowest BCUT2D eigenvalue weighted by Gasteiger charge is -2.12. The Hall–Kier alpha value is -3.07.